The first-order chi connectivity index (χ1) is 13.1. The highest BCUT2D eigenvalue weighted by molar-refractivity contribution is 5.95. The lowest BCUT2D eigenvalue weighted by Gasteiger charge is -2.36. The molecule has 0 aliphatic carbocycles. The van der Waals surface area contributed by atoms with Crippen molar-refractivity contribution in [3.05, 3.63) is 83.7 Å². The van der Waals surface area contributed by atoms with Crippen molar-refractivity contribution in [1.29, 1.82) is 0 Å². The summed E-state index contributed by atoms with van der Waals surface area (Å²) in [7, 11) is 0. The molecular formula is C23H25N3O. The van der Waals surface area contributed by atoms with Crippen molar-refractivity contribution in [2.75, 3.05) is 31.1 Å². The molecule has 2 aromatic carbocycles. The Morgan fingerprint density at radius 3 is 2.30 bits per heavy atom. The number of piperazine rings is 1. The topological polar surface area (TPSA) is 28.5 Å². The van der Waals surface area contributed by atoms with Crippen molar-refractivity contribution in [3.8, 4) is 5.69 Å². The van der Waals surface area contributed by atoms with Crippen LogP contribution in [0.2, 0.25) is 0 Å². The molecule has 138 valence electrons. The van der Waals surface area contributed by atoms with Gasteiger partial charge in [0, 0.05) is 55.5 Å². The van der Waals surface area contributed by atoms with Crippen molar-refractivity contribution >= 4 is 11.6 Å². The second-order valence-electron chi connectivity index (χ2n) is 7.21. The molecule has 0 bridgehead atoms. The van der Waals surface area contributed by atoms with Gasteiger partial charge in [0.15, 0.2) is 0 Å². The maximum Gasteiger partial charge on any atom is 0.254 e. The number of amides is 1. The molecule has 1 aliphatic heterocycles. The molecule has 2 heterocycles. The SMILES string of the molecule is Cc1cccc(N2CCN(C(=O)c3ccc(C)c(-n4cccc4)c3)CC2)c1. The van der Waals surface area contributed by atoms with Gasteiger partial charge in [-0.2, -0.15) is 0 Å². The average Bonchev–Trinajstić information content (AvgIpc) is 3.22. The standard InChI is InChI=1S/C23H25N3O/c1-18-6-5-7-21(16-18)24-12-14-26(15-13-24)23(27)20-9-8-19(2)22(17-20)25-10-3-4-11-25/h3-11,16-17H,12-15H2,1-2H3. The zero-order chi connectivity index (χ0) is 18.8. The molecule has 1 amide bonds. The predicted molar refractivity (Wildman–Crippen MR) is 110 cm³/mol. The van der Waals surface area contributed by atoms with Crippen LogP contribution >= 0.6 is 0 Å². The van der Waals surface area contributed by atoms with Gasteiger partial charge >= 0.3 is 0 Å². The molecule has 0 saturated carbocycles. The Hall–Kier alpha value is -3.01. The Bertz CT molecular complexity index is 938. The van der Waals surface area contributed by atoms with E-state index in [0.29, 0.717) is 0 Å². The molecule has 4 heteroatoms. The van der Waals surface area contributed by atoms with E-state index >= 15 is 0 Å². The molecule has 1 saturated heterocycles. The van der Waals surface area contributed by atoms with Crippen LogP contribution < -0.4 is 4.90 Å². The van der Waals surface area contributed by atoms with Crippen LogP contribution in [0.3, 0.4) is 0 Å². The second kappa shape index (κ2) is 7.31. The molecule has 0 unspecified atom stereocenters. The molecule has 4 nitrogen and oxygen atoms in total. The Morgan fingerprint density at radius 1 is 0.852 bits per heavy atom. The van der Waals surface area contributed by atoms with E-state index in [1.807, 2.05) is 47.6 Å². The Balaban J connectivity index is 1.48. The van der Waals surface area contributed by atoms with Crippen LogP contribution in [0.25, 0.3) is 5.69 Å². The van der Waals surface area contributed by atoms with Crippen LogP contribution in [0.4, 0.5) is 5.69 Å². The van der Waals surface area contributed by atoms with Crippen molar-refractivity contribution in [2.45, 2.75) is 13.8 Å². The van der Waals surface area contributed by atoms with Gasteiger partial charge in [0.2, 0.25) is 0 Å². The van der Waals surface area contributed by atoms with Crippen LogP contribution in [0, 0.1) is 13.8 Å². The van der Waals surface area contributed by atoms with Crippen LogP contribution in [0.15, 0.2) is 67.0 Å². The van der Waals surface area contributed by atoms with Gasteiger partial charge in [-0.15, -0.1) is 0 Å². The average molecular weight is 359 g/mol. The Morgan fingerprint density at radius 2 is 1.59 bits per heavy atom. The van der Waals surface area contributed by atoms with Crippen molar-refractivity contribution in [2.24, 2.45) is 0 Å². The van der Waals surface area contributed by atoms with Gasteiger partial charge in [0.25, 0.3) is 5.91 Å². The number of anilines is 1. The zero-order valence-electron chi connectivity index (χ0n) is 15.9. The van der Waals surface area contributed by atoms with Gasteiger partial charge in [-0.3, -0.25) is 4.79 Å². The highest BCUT2D eigenvalue weighted by atomic mass is 16.2. The Labute approximate surface area is 160 Å². The second-order valence-corrected chi connectivity index (χ2v) is 7.21. The fraction of sp³-hybridized carbons (Fsp3) is 0.261. The summed E-state index contributed by atoms with van der Waals surface area (Å²) in [5.74, 6) is 0.118. The molecule has 1 fully saturated rings. The molecule has 1 aromatic heterocycles. The number of carbonyl (C=O) groups is 1. The lowest BCUT2D eigenvalue weighted by Crippen LogP contribution is -2.48. The van der Waals surface area contributed by atoms with Gasteiger partial charge in [-0.05, 0) is 61.4 Å². The lowest BCUT2D eigenvalue weighted by molar-refractivity contribution is 0.0746. The van der Waals surface area contributed by atoms with Crippen LogP contribution in [0.5, 0.6) is 0 Å². The number of nitrogens with zero attached hydrogens (tertiary/aromatic N) is 3. The predicted octanol–water partition coefficient (Wildman–Crippen LogP) is 4.06. The first-order valence-electron chi connectivity index (χ1n) is 9.47. The van der Waals surface area contributed by atoms with Gasteiger partial charge in [-0.25, -0.2) is 0 Å². The van der Waals surface area contributed by atoms with Crippen LogP contribution in [0.1, 0.15) is 21.5 Å². The van der Waals surface area contributed by atoms with E-state index in [-0.39, 0.29) is 5.91 Å². The van der Waals surface area contributed by atoms with Crippen molar-refractivity contribution in [1.82, 2.24) is 9.47 Å². The number of benzene rings is 2. The third-order valence-electron chi connectivity index (χ3n) is 5.27. The third-order valence-corrected chi connectivity index (χ3v) is 5.27. The fourth-order valence-electron chi connectivity index (χ4n) is 3.69. The summed E-state index contributed by atoms with van der Waals surface area (Å²) in [4.78, 5) is 17.4. The number of rotatable bonds is 3. The van der Waals surface area contributed by atoms with E-state index in [4.69, 9.17) is 0 Å². The number of aromatic nitrogens is 1. The highest BCUT2D eigenvalue weighted by Gasteiger charge is 2.23. The van der Waals surface area contributed by atoms with E-state index in [1.54, 1.807) is 0 Å². The lowest BCUT2D eigenvalue weighted by atomic mass is 10.1. The molecule has 0 radical (unpaired) electrons. The number of hydrogen-bond donors (Lipinski definition) is 0. The van der Waals surface area contributed by atoms with E-state index < -0.39 is 0 Å². The minimum Gasteiger partial charge on any atom is -0.368 e. The molecular weight excluding hydrogens is 334 g/mol. The molecule has 0 atom stereocenters. The number of aryl methyl sites for hydroxylation is 2. The minimum atomic E-state index is 0.118. The molecule has 0 spiro atoms. The normalized spacial score (nSPS) is 14.4. The zero-order valence-corrected chi connectivity index (χ0v) is 15.9. The highest BCUT2D eigenvalue weighted by Crippen LogP contribution is 2.21. The van der Waals surface area contributed by atoms with Crippen LogP contribution in [-0.2, 0) is 0 Å². The minimum absolute atomic E-state index is 0.118. The fourth-order valence-corrected chi connectivity index (χ4v) is 3.69. The van der Waals surface area contributed by atoms with E-state index in [0.717, 1.165) is 43.0 Å². The molecule has 3 aromatic rings. The summed E-state index contributed by atoms with van der Waals surface area (Å²) < 4.78 is 2.06. The molecule has 1 aliphatic rings. The maximum absolute atomic E-state index is 13.0. The van der Waals surface area contributed by atoms with Gasteiger partial charge in [0.1, 0.15) is 0 Å². The quantitative estimate of drug-likeness (QED) is 0.706. The van der Waals surface area contributed by atoms with E-state index in [2.05, 4.69) is 47.6 Å². The van der Waals surface area contributed by atoms with E-state index in [9.17, 15) is 4.79 Å². The summed E-state index contributed by atoms with van der Waals surface area (Å²) in [6, 6.07) is 18.5. The maximum atomic E-state index is 13.0. The molecule has 0 N–H and O–H groups in total. The van der Waals surface area contributed by atoms with Gasteiger partial charge in [0.05, 0.1) is 0 Å². The summed E-state index contributed by atoms with van der Waals surface area (Å²) >= 11 is 0. The number of hydrogen-bond acceptors (Lipinski definition) is 2. The first-order valence-corrected chi connectivity index (χ1v) is 9.47. The number of carbonyl (C=O) groups excluding carboxylic acids is 1. The monoisotopic (exact) mass is 359 g/mol. The molecule has 4 rings (SSSR count). The third kappa shape index (κ3) is 3.61. The summed E-state index contributed by atoms with van der Waals surface area (Å²) in [6.07, 6.45) is 4.02. The van der Waals surface area contributed by atoms with Gasteiger partial charge < -0.3 is 14.4 Å². The van der Waals surface area contributed by atoms with Gasteiger partial charge in [-0.1, -0.05) is 18.2 Å². The van der Waals surface area contributed by atoms with Crippen molar-refractivity contribution < 1.29 is 4.79 Å². The smallest absolute Gasteiger partial charge is 0.254 e. The summed E-state index contributed by atoms with van der Waals surface area (Å²) in [5.41, 5.74) is 5.49. The van der Waals surface area contributed by atoms with Crippen molar-refractivity contribution in [3.63, 3.8) is 0 Å². The Kier molecular flexibility index (Phi) is 4.71. The van der Waals surface area contributed by atoms with Crippen LogP contribution in [-0.4, -0.2) is 41.6 Å². The largest absolute Gasteiger partial charge is 0.368 e. The summed E-state index contributed by atoms with van der Waals surface area (Å²) in [5, 5.41) is 0. The molecule has 27 heavy (non-hydrogen) atoms. The first kappa shape index (κ1) is 17.4. The summed E-state index contributed by atoms with van der Waals surface area (Å²) in [6.45, 7) is 7.42. The van der Waals surface area contributed by atoms with E-state index in [1.165, 1.54) is 11.3 Å².